The summed E-state index contributed by atoms with van der Waals surface area (Å²) in [5, 5.41) is 9.32. The Labute approximate surface area is 99.0 Å². The first-order valence-electron chi connectivity index (χ1n) is 4.32. The second-order valence-electron chi connectivity index (χ2n) is 3.09. The molecule has 3 N–H and O–H groups in total. The van der Waals surface area contributed by atoms with E-state index in [0.717, 1.165) is 0 Å². The predicted molar refractivity (Wildman–Crippen MR) is 61.9 cm³/mol. The van der Waals surface area contributed by atoms with Crippen molar-refractivity contribution >= 4 is 32.5 Å². The number of fused-ring (bicyclic) bond motifs is 1. The second-order valence-corrected chi connectivity index (χ2v) is 3.94. The third kappa shape index (κ3) is 1.60. The Morgan fingerprint density at radius 3 is 2.88 bits per heavy atom. The topological polar surface area (TPSA) is 74.7 Å². The minimum atomic E-state index is -0.423. The van der Waals surface area contributed by atoms with Crippen LogP contribution in [0.4, 0.5) is 10.1 Å². The average Bonchev–Trinajstić information content (AvgIpc) is 2.27. The first-order valence-corrected chi connectivity index (χ1v) is 5.11. The fourth-order valence-corrected chi connectivity index (χ4v) is 2.00. The van der Waals surface area contributed by atoms with Gasteiger partial charge in [-0.1, -0.05) is 0 Å². The van der Waals surface area contributed by atoms with Gasteiger partial charge in [0.2, 0.25) is 0 Å². The van der Waals surface area contributed by atoms with Gasteiger partial charge >= 0.3 is 0 Å². The SMILES string of the molecule is N#Cc1cnc2c(Br)cc(F)cc2c1NN. The van der Waals surface area contributed by atoms with E-state index in [4.69, 9.17) is 11.1 Å². The Bertz CT molecular complexity index is 606. The molecule has 0 radical (unpaired) electrons. The van der Waals surface area contributed by atoms with Crippen molar-refractivity contribution in [2.45, 2.75) is 0 Å². The van der Waals surface area contributed by atoms with E-state index in [0.29, 0.717) is 21.1 Å². The molecule has 0 aliphatic carbocycles. The van der Waals surface area contributed by atoms with Gasteiger partial charge < -0.3 is 5.43 Å². The summed E-state index contributed by atoms with van der Waals surface area (Å²) in [7, 11) is 0. The minimum Gasteiger partial charge on any atom is -0.322 e. The van der Waals surface area contributed by atoms with E-state index in [1.54, 1.807) is 0 Å². The molecular weight excluding hydrogens is 275 g/mol. The van der Waals surface area contributed by atoms with Crippen LogP contribution in [0.25, 0.3) is 10.9 Å². The van der Waals surface area contributed by atoms with Crippen LogP contribution in [0, 0.1) is 17.1 Å². The highest BCUT2D eigenvalue weighted by molar-refractivity contribution is 9.10. The maximum Gasteiger partial charge on any atom is 0.125 e. The number of pyridine rings is 1. The number of benzene rings is 1. The summed E-state index contributed by atoms with van der Waals surface area (Å²) in [5.74, 6) is 4.90. The molecule has 0 bridgehead atoms. The smallest absolute Gasteiger partial charge is 0.125 e. The Kier molecular flexibility index (Phi) is 2.73. The van der Waals surface area contributed by atoms with Crippen molar-refractivity contribution < 1.29 is 4.39 Å². The first-order chi connectivity index (χ1) is 7.67. The monoisotopic (exact) mass is 280 g/mol. The number of nitrogens with one attached hydrogen (secondary N) is 1. The molecule has 80 valence electrons. The quantitative estimate of drug-likeness (QED) is 0.621. The molecule has 0 spiro atoms. The van der Waals surface area contributed by atoms with Gasteiger partial charge in [-0.3, -0.25) is 10.8 Å². The van der Waals surface area contributed by atoms with Gasteiger partial charge in [-0.15, -0.1) is 0 Å². The summed E-state index contributed by atoms with van der Waals surface area (Å²) in [6, 6.07) is 4.52. The molecule has 16 heavy (non-hydrogen) atoms. The fraction of sp³-hybridized carbons (Fsp3) is 0. The van der Waals surface area contributed by atoms with Crippen LogP contribution in [-0.2, 0) is 0 Å². The lowest BCUT2D eigenvalue weighted by molar-refractivity contribution is 0.629. The maximum absolute atomic E-state index is 13.2. The molecule has 0 aliphatic heterocycles. The molecule has 1 aromatic carbocycles. The van der Waals surface area contributed by atoms with E-state index in [1.165, 1.54) is 18.3 Å². The molecule has 2 aromatic rings. The lowest BCUT2D eigenvalue weighted by Crippen LogP contribution is -2.09. The van der Waals surface area contributed by atoms with Crippen LogP contribution in [0.5, 0.6) is 0 Å². The van der Waals surface area contributed by atoms with Crippen LogP contribution >= 0.6 is 15.9 Å². The highest BCUT2D eigenvalue weighted by Gasteiger charge is 2.11. The van der Waals surface area contributed by atoms with Crippen LogP contribution in [0.1, 0.15) is 5.56 Å². The number of anilines is 1. The highest BCUT2D eigenvalue weighted by Crippen LogP contribution is 2.30. The first kappa shape index (κ1) is 10.8. The summed E-state index contributed by atoms with van der Waals surface area (Å²) in [6.45, 7) is 0. The second kappa shape index (κ2) is 4.04. The molecule has 1 aromatic heterocycles. The molecule has 0 saturated heterocycles. The van der Waals surface area contributed by atoms with Gasteiger partial charge in [0.1, 0.15) is 11.9 Å². The van der Waals surface area contributed by atoms with Crippen molar-refractivity contribution in [3.8, 4) is 6.07 Å². The molecule has 1 heterocycles. The van der Waals surface area contributed by atoms with Crippen molar-refractivity contribution in [2.24, 2.45) is 5.84 Å². The molecule has 0 amide bonds. The standard InChI is InChI=1S/C10H6BrFN4/c11-8-2-6(12)1-7-9(16-14)5(3-13)4-15-10(7)8/h1-2,4H,14H2,(H,15,16). The number of rotatable bonds is 1. The van der Waals surface area contributed by atoms with Crippen molar-refractivity contribution in [1.29, 1.82) is 5.26 Å². The summed E-state index contributed by atoms with van der Waals surface area (Å²) < 4.78 is 13.8. The van der Waals surface area contributed by atoms with Gasteiger partial charge in [0.15, 0.2) is 0 Å². The molecule has 0 aliphatic rings. The van der Waals surface area contributed by atoms with Crippen LogP contribution < -0.4 is 11.3 Å². The molecule has 0 saturated carbocycles. The van der Waals surface area contributed by atoms with Crippen LogP contribution in [0.2, 0.25) is 0 Å². The van der Waals surface area contributed by atoms with E-state index < -0.39 is 5.82 Å². The number of hydrazine groups is 1. The predicted octanol–water partition coefficient (Wildman–Crippen LogP) is 2.29. The van der Waals surface area contributed by atoms with Crippen molar-refractivity contribution in [1.82, 2.24) is 4.98 Å². The number of aromatic nitrogens is 1. The number of nitrogen functional groups attached to an aromatic ring is 1. The largest absolute Gasteiger partial charge is 0.322 e. The van der Waals surface area contributed by atoms with Gasteiger partial charge in [-0.05, 0) is 28.1 Å². The van der Waals surface area contributed by atoms with Crippen molar-refractivity contribution in [3.63, 3.8) is 0 Å². The molecular formula is C10H6BrFN4. The summed E-state index contributed by atoms with van der Waals surface area (Å²) in [5.41, 5.74) is 3.58. The number of halogens is 2. The van der Waals surface area contributed by atoms with Gasteiger partial charge in [0.05, 0.1) is 16.8 Å². The molecule has 0 fully saturated rings. The number of nitriles is 1. The molecule has 0 atom stereocenters. The van der Waals surface area contributed by atoms with Crippen LogP contribution in [0.15, 0.2) is 22.8 Å². The lowest BCUT2D eigenvalue weighted by atomic mass is 10.1. The van der Waals surface area contributed by atoms with E-state index >= 15 is 0 Å². The third-order valence-corrected chi connectivity index (χ3v) is 2.76. The summed E-state index contributed by atoms with van der Waals surface area (Å²) in [4.78, 5) is 4.07. The third-order valence-electron chi connectivity index (χ3n) is 2.15. The van der Waals surface area contributed by atoms with E-state index in [1.807, 2.05) is 6.07 Å². The summed E-state index contributed by atoms with van der Waals surface area (Å²) in [6.07, 6.45) is 1.39. The summed E-state index contributed by atoms with van der Waals surface area (Å²) >= 11 is 3.20. The molecule has 2 rings (SSSR count). The number of hydrogen-bond donors (Lipinski definition) is 2. The van der Waals surface area contributed by atoms with Gasteiger partial charge in [0.25, 0.3) is 0 Å². The Balaban J connectivity index is 2.93. The number of nitrogens with two attached hydrogens (primary N) is 1. The van der Waals surface area contributed by atoms with E-state index in [-0.39, 0.29) is 5.56 Å². The zero-order chi connectivity index (χ0) is 11.7. The van der Waals surface area contributed by atoms with E-state index in [9.17, 15) is 4.39 Å². The Morgan fingerprint density at radius 2 is 2.25 bits per heavy atom. The number of hydrogen-bond acceptors (Lipinski definition) is 4. The zero-order valence-electron chi connectivity index (χ0n) is 7.96. The van der Waals surface area contributed by atoms with Crippen molar-refractivity contribution in [2.75, 3.05) is 5.43 Å². The molecule has 6 heteroatoms. The van der Waals surface area contributed by atoms with Crippen LogP contribution in [-0.4, -0.2) is 4.98 Å². The van der Waals surface area contributed by atoms with Gasteiger partial charge in [-0.2, -0.15) is 5.26 Å². The average molecular weight is 281 g/mol. The normalized spacial score (nSPS) is 10.1. The molecule has 0 unspecified atom stereocenters. The van der Waals surface area contributed by atoms with E-state index in [2.05, 4.69) is 26.3 Å². The van der Waals surface area contributed by atoms with Crippen LogP contribution in [0.3, 0.4) is 0 Å². The Morgan fingerprint density at radius 1 is 1.50 bits per heavy atom. The van der Waals surface area contributed by atoms with Gasteiger partial charge in [0, 0.05) is 16.1 Å². The molecule has 4 nitrogen and oxygen atoms in total. The van der Waals surface area contributed by atoms with Gasteiger partial charge in [-0.25, -0.2) is 4.39 Å². The van der Waals surface area contributed by atoms with Crippen molar-refractivity contribution in [3.05, 3.63) is 34.2 Å². The lowest BCUT2D eigenvalue weighted by Gasteiger charge is -2.08. The highest BCUT2D eigenvalue weighted by atomic mass is 79.9. The minimum absolute atomic E-state index is 0.271. The fourth-order valence-electron chi connectivity index (χ4n) is 1.47. The number of nitrogens with zero attached hydrogens (tertiary/aromatic N) is 2. The Hall–Kier alpha value is -1.71. The maximum atomic E-state index is 13.2. The zero-order valence-corrected chi connectivity index (χ0v) is 9.55.